The first-order chi connectivity index (χ1) is 18.2. The molecule has 3 aromatic carbocycles. The molecule has 0 bridgehead atoms. The Morgan fingerprint density at radius 1 is 0.973 bits per heavy atom. The van der Waals surface area contributed by atoms with Gasteiger partial charge in [-0.15, -0.1) is 0 Å². The van der Waals surface area contributed by atoms with Gasteiger partial charge in [0.2, 0.25) is 0 Å². The van der Waals surface area contributed by atoms with E-state index in [9.17, 15) is 9.65 Å². The number of halogens is 1. The van der Waals surface area contributed by atoms with Crippen LogP contribution >= 0.6 is 0 Å². The quantitative estimate of drug-likeness (QED) is 0.299. The lowest BCUT2D eigenvalue weighted by Gasteiger charge is -2.39. The predicted octanol–water partition coefficient (Wildman–Crippen LogP) is 7.17. The van der Waals surface area contributed by atoms with E-state index in [0.29, 0.717) is 17.9 Å². The number of nitrogens with one attached hydrogen (secondary N) is 1. The van der Waals surface area contributed by atoms with Crippen LogP contribution in [0.3, 0.4) is 0 Å². The number of likely N-dealkylation sites (tertiary alicyclic amines) is 1. The Bertz CT molecular complexity index is 1480. The Morgan fingerprint density at radius 2 is 1.84 bits per heavy atom. The number of alkyl halides is 1. The van der Waals surface area contributed by atoms with Crippen LogP contribution in [0.15, 0.2) is 72.9 Å². The molecule has 0 radical (unpaired) electrons. The molecule has 0 atom stereocenters. The third kappa shape index (κ3) is 4.72. The highest BCUT2D eigenvalue weighted by atomic mass is 19.1. The van der Waals surface area contributed by atoms with Crippen molar-refractivity contribution >= 4 is 22.0 Å². The fraction of sp³-hybridized carbons (Fsp3) is 0.303. The number of nitriles is 1. The molecule has 0 saturated carbocycles. The summed E-state index contributed by atoms with van der Waals surface area (Å²) in [6.07, 6.45) is 6.84. The van der Waals surface area contributed by atoms with E-state index in [1.54, 1.807) is 0 Å². The van der Waals surface area contributed by atoms with Gasteiger partial charge in [0.1, 0.15) is 0 Å². The summed E-state index contributed by atoms with van der Waals surface area (Å²) in [7, 11) is 0. The van der Waals surface area contributed by atoms with Gasteiger partial charge in [-0.3, -0.25) is 4.39 Å². The Kier molecular flexibility index (Phi) is 6.64. The molecule has 0 unspecified atom stereocenters. The van der Waals surface area contributed by atoms with Gasteiger partial charge in [0, 0.05) is 36.7 Å². The van der Waals surface area contributed by atoms with E-state index in [4.69, 9.17) is 0 Å². The molecule has 1 N–H and O–H groups in total. The summed E-state index contributed by atoms with van der Waals surface area (Å²) in [5.41, 5.74) is 10.9. The van der Waals surface area contributed by atoms with Crippen molar-refractivity contribution in [2.24, 2.45) is 5.92 Å². The maximum Gasteiger partial charge on any atom is 0.0991 e. The molecule has 1 saturated heterocycles. The maximum absolute atomic E-state index is 12.5. The van der Waals surface area contributed by atoms with Crippen LogP contribution in [-0.2, 0) is 12.8 Å². The lowest BCUT2D eigenvalue weighted by atomic mass is 9.85. The molecule has 0 spiro atoms. The maximum atomic E-state index is 12.5. The molecule has 2 heterocycles. The highest BCUT2D eigenvalue weighted by molar-refractivity contribution is 6.03. The van der Waals surface area contributed by atoms with Crippen LogP contribution in [0.1, 0.15) is 52.6 Å². The predicted molar refractivity (Wildman–Crippen MR) is 149 cm³/mol. The van der Waals surface area contributed by atoms with Crippen LogP contribution in [0.4, 0.5) is 4.39 Å². The molecule has 37 heavy (non-hydrogen) atoms. The summed E-state index contributed by atoms with van der Waals surface area (Å²) in [6.45, 7) is 2.81. The molecule has 4 aromatic rings. The standard InChI is InChI=1S/C33H32FN3/c34-15-3-17-37-21-25(22-37)18-23-8-10-26(11-9-23)33-28(27-5-1-4-24(19-27)20-35)6-2-7-29-30-14-16-36-32(30)13-12-31(29)33/h1,4-5,8-14,16,19,25,36H,2-3,6-7,15,17-18,21-22H2. The van der Waals surface area contributed by atoms with Gasteiger partial charge in [0.05, 0.1) is 18.3 Å². The highest BCUT2D eigenvalue weighted by Gasteiger charge is 2.26. The van der Waals surface area contributed by atoms with Crippen molar-refractivity contribution in [3.8, 4) is 6.07 Å². The highest BCUT2D eigenvalue weighted by Crippen LogP contribution is 2.42. The minimum absolute atomic E-state index is 0.222. The van der Waals surface area contributed by atoms with E-state index in [0.717, 1.165) is 50.9 Å². The van der Waals surface area contributed by atoms with Crippen molar-refractivity contribution in [3.05, 3.63) is 106 Å². The Labute approximate surface area is 218 Å². The third-order valence-electron chi connectivity index (χ3n) is 8.02. The number of aryl methyl sites for hydroxylation is 1. The average Bonchev–Trinajstić information content (AvgIpc) is 3.31. The number of H-pyrrole nitrogens is 1. The Morgan fingerprint density at radius 3 is 2.65 bits per heavy atom. The van der Waals surface area contributed by atoms with Crippen LogP contribution in [0.25, 0.3) is 22.0 Å². The molecular weight excluding hydrogens is 457 g/mol. The number of fused-ring (bicyclic) bond motifs is 3. The zero-order valence-corrected chi connectivity index (χ0v) is 21.1. The topological polar surface area (TPSA) is 42.8 Å². The number of hydrogen-bond donors (Lipinski definition) is 1. The fourth-order valence-corrected chi connectivity index (χ4v) is 6.24. The van der Waals surface area contributed by atoms with Crippen molar-refractivity contribution in [3.63, 3.8) is 0 Å². The second kappa shape index (κ2) is 10.4. The number of rotatable bonds is 7. The van der Waals surface area contributed by atoms with Gasteiger partial charge in [-0.1, -0.05) is 42.5 Å². The molecule has 6 rings (SSSR count). The molecule has 0 amide bonds. The second-order valence-corrected chi connectivity index (χ2v) is 10.5. The molecule has 3 nitrogen and oxygen atoms in total. The first kappa shape index (κ1) is 23.7. The van der Waals surface area contributed by atoms with Crippen molar-refractivity contribution < 1.29 is 4.39 Å². The summed E-state index contributed by atoms with van der Waals surface area (Å²) in [6, 6.07) is 26.2. The van der Waals surface area contributed by atoms with E-state index < -0.39 is 0 Å². The summed E-state index contributed by atoms with van der Waals surface area (Å²) in [5.74, 6) is 0.662. The lowest BCUT2D eigenvalue weighted by Crippen LogP contribution is -2.47. The average molecular weight is 490 g/mol. The lowest BCUT2D eigenvalue weighted by molar-refractivity contribution is 0.0968. The minimum atomic E-state index is -0.222. The third-order valence-corrected chi connectivity index (χ3v) is 8.02. The fourth-order valence-electron chi connectivity index (χ4n) is 6.24. The van der Waals surface area contributed by atoms with Crippen LogP contribution in [-0.4, -0.2) is 36.2 Å². The van der Waals surface area contributed by atoms with Crippen LogP contribution < -0.4 is 0 Å². The number of aromatic amines is 1. The number of benzene rings is 3. The SMILES string of the molecule is N#Cc1cccc(C2=C(c3ccc(CC4CN(CCCF)C4)cc3)c3ccc4[nH]ccc4c3CCC2)c1. The van der Waals surface area contributed by atoms with Gasteiger partial charge in [0.15, 0.2) is 0 Å². The molecule has 1 aliphatic carbocycles. The first-order valence-corrected chi connectivity index (χ1v) is 13.4. The van der Waals surface area contributed by atoms with Crippen LogP contribution in [0, 0.1) is 17.2 Å². The number of allylic oxidation sites excluding steroid dienone is 1. The summed E-state index contributed by atoms with van der Waals surface area (Å²) in [5, 5.41) is 10.9. The van der Waals surface area contributed by atoms with Crippen molar-refractivity contribution in [1.82, 2.24) is 9.88 Å². The van der Waals surface area contributed by atoms with E-state index >= 15 is 0 Å². The molecule has 4 heteroatoms. The summed E-state index contributed by atoms with van der Waals surface area (Å²) in [4.78, 5) is 5.74. The van der Waals surface area contributed by atoms with E-state index in [-0.39, 0.29) is 6.67 Å². The van der Waals surface area contributed by atoms with Crippen molar-refractivity contribution in [2.45, 2.75) is 32.1 Å². The van der Waals surface area contributed by atoms with Gasteiger partial charge in [0.25, 0.3) is 0 Å². The summed E-state index contributed by atoms with van der Waals surface area (Å²) >= 11 is 0. The number of aromatic nitrogens is 1. The van der Waals surface area contributed by atoms with Crippen molar-refractivity contribution in [2.75, 3.05) is 26.3 Å². The molecule has 1 aromatic heterocycles. The second-order valence-electron chi connectivity index (χ2n) is 10.5. The van der Waals surface area contributed by atoms with Gasteiger partial charge < -0.3 is 9.88 Å². The van der Waals surface area contributed by atoms with E-state index in [1.165, 1.54) is 44.3 Å². The van der Waals surface area contributed by atoms with Gasteiger partial charge >= 0.3 is 0 Å². The van der Waals surface area contributed by atoms with Crippen LogP contribution in [0.5, 0.6) is 0 Å². The molecule has 1 fully saturated rings. The minimum Gasteiger partial charge on any atom is -0.361 e. The molecule has 1 aliphatic heterocycles. The first-order valence-electron chi connectivity index (χ1n) is 13.4. The Balaban J connectivity index is 1.38. The Hall–Kier alpha value is -3.68. The van der Waals surface area contributed by atoms with Gasteiger partial charge in [-0.2, -0.15) is 5.26 Å². The molecular formula is C33H32FN3. The summed E-state index contributed by atoms with van der Waals surface area (Å²) < 4.78 is 12.5. The number of nitrogens with zero attached hydrogens (tertiary/aromatic N) is 2. The molecule has 186 valence electrons. The van der Waals surface area contributed by atoms with E-state index in [1.807, 2.05) is 24.4 Å². The van der Waals surface area contributed by atoms with Crippen LogP contribution in [0.2, 0.25) is 0 Å². The van der Waals surface area contributed by atoms with Crippen molar-refractivity contribution in [1.29, 1.82) is 5.26 Å². The normalized spacial score (nSPS) is 16.3. The monoisotopic (exact) mass is 489 g/mol. The number of hydrogen-bond acceptors (Lipinski definition) is 2. The zero-order valence-electron chi connectivity index (χ0n) is 21.1. The molecule has 2 aliphatic rings. The smallest absolute Gasteiger partial charge is 0.0991 e. The van der Waals surface area contributed by atoms with E-state index in [2.05, 4.69) is 64.5 Å². The largest absolute Gasteiger partial charge is 0.361 e. The zero-order chi connectivity index (χ0) is 25.2. The van der Waals surface area contributed by atoms with Gasteiger partial charge in [-0.05, 0) is 101 Å². The van der Waals surface area contributed by atoms with Gasteiger partial charge in [-0.25, -0.2) is 0 Å².